The van der Waals surface area contributed by atoms with Crippen molar-refractivity contribution < 1.29 is 14.4 Å². The molecule has 29 heavy (non-hydrogen) atoms. The van der Waals surface area contributed by atoms with Crippen molar-refractivity contribution in [3.05, 3.63) is 65.2 Å². The van der Waals surface area contributed by atoms with Crippen molar-refractivity contribution in [2.75, 3.05) is 31.1 Å². The summed E-state index contributed by atoms with van der Waals surface area (Å²) < 4.78 is 0. The molecule has 2 aromatic carbocycles. The van der Waals surface area contributed by atoms with E-state index in [1.54, 1.807) is 9.80 Å². The molecule has 0 aliphatic carbocycles. The number of halogens is 1. The lowest BCUT2D eigenvalue weighted by Gasteiger charge is -2.34. The average Bonchev–Trinajstić information content (AvgIpc) is 3.07. The molecule has 0 radical (unpaired) electrons. The van der Waals surface area contributed by atoms with E-state index >= 15 is 0 Å². The summed E-state index contributed by atoms with van der Waals surface area (Å²) in [5.41, 5.74) is 1.75. The quantitative estimate of drug-likeness (QED) is 0.710. The van der Waals surface area contributed by atoms with E-state index in [1.165, 1.54) is 4.90 Å². The number of benzene rings is 2. The number of piperazine rings is 1. The lowest BCUT2D eigenvalue weighted by Crippen LogP contribution is -2.55. The van der Waals surface area contributed by atoms with Gasteiger partial charge >= 0.3 is 11.8 Å². The highest BCUT2D eigenvalue weighted by atomic mass is 35.5. The van der Waals surface area contributed by atoms with E-state index in [4.69, 9.17) is 11.6 Å². The van der Waals surface area contributed by atoms with Crippen LogP contribution in [0.15, 0.2) is 54.6 Å². The number of likely N-dealkylation sites (tertiary alicyclic amines) is 1. The number of hydrogen-bond donors (Lipinski definition) is 0. The first kappa shape index (κ1) is 19.5. The van der Waals surface area contributed by atoms with Gasteiger partial charge in [-0.1, -0.05) is 41.9 Å². The van der Waals surface area contributed by atoms with Gasteiger partial charge in [0.1, 0.15) is 0 Å². The largest absolute Gasteiger partial charge is 0.338 e. The number of carbonyl (C=O) groups excluding carboxylic acids is 3. The van der Waals surface area contributed by atoms with Crippen LogP contribution in [-0.4, -0.2) is 53.7 Å². The average molecular weight is 412 g/mol. The summed E-state index contributed by atoms with van der Waals surface area (Å²) in [6, 6.07) is 16.7. The zero-order valence-corrected chi connectivity index (χ0v) is 16.7. The van der Waals surface area contributed by atoms with Crippen LogP contribution in [-0.2, 0) is 20.9 Å². The number of anilines is 1. The Labute approximate surface area is 174 Å². The molecule has 2 aliphatic heterocycles. The number of nitrogens with zero attached hydrogens (tertiary/aromatic N) is 3. The smallest absolute Gasteiger partial charge is 0.316 e. The maximum Gasteiger partial charge on any atom is 0.316 e. The Balaban J connectivity index is 1.35. The van der Waals surface area contributed by atoms with Gasteiger partial charge in [-0.2, -0.15) is 0 Å². The zero-order valence-electron chi connectivity index (χ0n) is 16.0. The second-order valence-corrected chi connectivity index (χ2v) is 7.95. The SMILES string of the molecule is O=C1CC(CN2CCN(c3ccccc3)C(=O)C2=O)CN1Cc1ccc(Cl)cc1. The standard InChI is InChI=1S/C22H22ClN3O3/c23-18-8-6-16(7-9-18)13-25-15-17(12-20(25)27)14-24-10-11-26(22(29)21(24)28)19-4-2-1-3-5-19/h1-9,17H,10-15H2. The maximum absolute atomic E-state index is 12.6. The molecule has 4 rings (SSSR count). The fourth-order valence-electron chi connectivity index (χ4n) is 3.95. The third kappa shape index (κ3) is 4.27. The molecule has 2 heterocycles. The molecule has 3 amide bonds. The third-order valence-electron chi connectivity index (χ3n) is 5.44. The molecule has 6 nitrogen and oxygen atoms in total. The molecule has 2 aliphatic rings. The van der Waals surface area contributed by atoms with Crippen molar-refractivity contribution >= 4 is 35.0 Å². The molecule has 1 unspecified atom stereocenters. The van der Waals surface area contributed by atoms with Crippen LogP contribution in [0.1, 0.15) is 12.0 Å². The van der Waals surface area contributed by atoms with Crippen LogP contribution < -0.4 is 4.90 Å². The minimum atomic E-state index is -0.509. The summed E-state index contributed by atoms with van der Waals surface area (Å²) in [6.07, 6.45) is 0.397. The first-order chi connectivity index (χ1) is 14.0. The van der Waals surface area contributed by atoms with E-state index in [1.807, 2.05) is 54.6 Å². The van der Waals surface area contributed by atoms with Crippen LogP contribution in [0.2, 0.25) is 5.02 Å². The van der Waals surface area contributed by atoms with E-state index < -0.39 is 11.8 Å². The molecule has 0 bridgehead atoms. The first-order valence-electron chi connectivity index (χ1n) is 9.69. The van der Waals surface area contributed by atoms with E-state index in [2.05, 4.69) is 0 Å². The van der Waals surface area contributed by atoms with Gasteiger partial charge in [0.15, 0.2) is 0 Å². The zero-order chi connectivity index (χ0) is 20.4. The Morgan fingerprint density at radius 1 is 0.862 bits per heavy atom. The molecule has 0 saturated carbocycles. The number of hydrogen-bond acceptors (Lipinski definition) is 3. The normalized spacial score (nSPS) is 20.0. The van der Waals surface area contributed by atoms with Gasteiger partial charge in [0.2, 0.25) is 5.91 Å². The second kappa shape index (κ2) is 8.25. The highest BCUT2D eigenvalue weighted by Gasteiger charge is 2.37. The van der Waals surface area contributed by atoms with Crippen molar-refractivity contribution in [2.45, 2.75) is 13.0 Å². The van der Waals surface area contributed by atoms with Gasteiger partial charge in [-0.3, -0.25) is 14.4 Å². The highest BCUT2D eigenvalue weighted by Crippen LogP contribution is 2.24. The van der Waals surface area contributed by atoms with Gasteiger partial charge < -0.3 is 14.7 Å². The molecule has 0 spiro atoms. The van der Waals surface area contributed by atoms with Crippen molar-refractivity contribution in [3.63, 3.8) is 0 Å². The monoisotopic (exact) mass is 411 g/mol. The molecule has 1 atom stereocenters. The second-order valence-electron chi connectivity index (χ2n) is 7.51. The number of para-hydroxylation sites is 1. The van der Waals surface area contributed by atoms with Crippen LogP contribution in [0.4, 0.5) is 5.69 Å². The summed E-state index contributed by atoms with van der Waals surface area (Å²) in [7, 11) is 0. The Morgan fingerprint density at radius 3 is 2.31 bits per heavy atom. The van der Waals surface area contributed by atoms with Crippen LogP contribution in [0.25, 0.3) is 0 Å². The lowest BCUT2D eigenvalue weighted by atomic mass is 10.1. The fourth-order valence-corrected chi connectivity index (χ4v) is 4.08. The molecule has 2 aromatic rings. The molecule has 0 N–H and O–H groups in total. The minimum Gasteiger partial charge on any atom is -0.338 e. The van der Waals surface area contributed by atoms with Gasteiger partial charge in [-0.05, 0) is 29.8 Å². The van der Waals surface area contributed by atoms with Gasteiger partial charge in [0, 0.05) is 55.8 Å². The Kier molecular flexibility index (Phi) is 5.53. The van der Waals surface area contributed by atoms with E-state index in [9.17, 15) is 14.4 Å². The molecular formula is C22H22ClN3O3. The molecule has 2 fully saturated rings. The summed E-state index contributed by atoms with van der Waals surface area (Å²) in [5, 5.41) is 0.664. The molecule has 7 heteroatoms. The number of amides is 3. The molecular weight excluding hydrogens is 390 g/mol. The van der Waals surface area contributed by atoms with Crippen LogP contribution in [0, 0.1) is 5.92 Å². The van der Waals surface area contributed by atoms with Crippen molar-refractivity contribution in [3.8, 4) is 0 Å². The Morgan fingerprint density at radius 2 is 1.59 bits per heavy atom. The van der Waals surface area contributed by atoms with E-state index in [-0.39, 0.29) is 11.8 Å². The summed E-state index contributed by atoms with van der Waals surface area (Å²) in [6.45, 7) is 2.48. The predicted molar refractivity (Wildman–Crippen MR) is 110 cm³/mol. The van der Waals surface area contributed by atoms with Crippen molar-refractivity contribution in [1.29, 1.82) is 0 Å². The molecule has 0 aromatic heterocycles. The van der Waals surface area contributed by atoms with Crippen molar-refractivity contribution in [2.24, 2.45) is 5.92 Å². The number of rotatable bonds is 5. The highest BCUT2D eigenvalue weighted by molar-refractivity contribution is 6.41. The summed E-state index contributed by atoms with van der Waals surface area (Å²) in [5.74, 6) is -0.894. The van der Waals surface area contributed by atoms with Crippen LogP contribution in [0.3, 0.4) is 0 Å². The van der Waals surface area contributed by atoms with Gasteiger partial charge in [0.05, 0.1) is 0 Å². The van der Waals surface area contributed by atoms with E-state index in [0.717, 1.165) is 11.3 Å². The summed E-state index contributed by atoms with van der Waals surface area (Å²) in [4.78, 5) is 42.5. The fraction of sp³-hybridized carbons (Fsp3) is 0.318. The number of carbonyl (C=O) groups is 3. The van der Waals surface area contributed by atoms with Gasteiger partial charge in [0.25, 0.3) is 0 Å². The van der Waals surface area contributed by atoms with Gasteiger partial charge in [-0.15, -0.1) is 0 Å². The predicted octanol–water partition coefficient (Wildman–Crippen LogP) is 2.56. The minimum absolute atomic E-state index is 0.0369. The van der Waals surface area contributed by atoms with Crippen LogP contribution in [0.5, 0.6) is 0 Å². The van der Waals surface area contributed by atoms with Crippen LogP contribution >= 0.6 is 11.6 Å². The lowest BCUT2D eigenvalue weighted by molar-refractivity contribution is -0.146. The Hall–Kier alpha value is -2.86. The van der Waals surface area contributed by atoms with Crippen molar-refractivity contribution in [1.82, 2.24) is 9.80 Å². The third-order valence-corrected chi connectivity index (χ3v) is 5.69. The maximum atomic E-state index is 12.6. The Bertz CT molecular complexity index is 917. The van der Waals surface area contributed by atoms with Gasteiger partial charge in [-0.25, -0.2) is 0 Å². The van der Waals surface area contributed by atoms with E-state index in [0.29, 0.717) is 44.2 Å². The molecule has 2 saturated heterocycles. The first-order valence-corrected chi connectivity index (χ1v) is 10.1. The molecule has 150 valence electrons. The topological polar surface area (TPSA) is 60.9 Å². The summed E-state index contributed by atoms with van der Waals surface area (Å²) >= 11 is 5.91.